The fourth-order valence-electron chi connectivity index (χ4n) is 2.50. The lowest BCUT2D eigenvalue weighted by molar-refractivity contribution is -0.137. The third kappa shape index (κ3) is 4.84. The average molecular weight is 269 g/mol. The minimum absolute atomic E-state index is 0.00560. The molecule has 1 rings (SSSR count). The lowest BCUT2D eigenvalue weighted by Crippen LogP contribution is -2.51. The van der Waals surface area contributed by atoms with Crippen LogP contribution >= 0.6 is 0 Å². The molecule has 0 saturated carbocycles. The highest BCUT2D eigenvalue weighted by Crippen LogP contribution is 2.28. The predicted octanol–water partition coefficient (Wildman–Crippen LogP) is 3.74. The van der Waals surface area contributed by atoms with E-state index in [2.05, 4.69) is 13.8 Å². The molecule has 4 heteroatoms. The van der Waals surface area contributed by atoms with Crippen molar-refractivity contribution in [2.75, 3.05) is 0 Å². The van der Waals surface area contributed by atoms with E-state index in [9.17, 15) is 9.59 Å². The smallest absolute Gasteiger partial charge is 0.417 e. The maximum atomic E-state index is 12.2. The Balaban J connectivity index is 2.78. The second-order valence-corrected chi connectivity index (χ2v) is 6.59. The first-order valence-electron chi connectivity index (χ1n) is 7.29. The number of imide groups is 1. The fraction of sp³-hybridized carbons (Fsp3) is 0.867. The molecule has 1 aliphatic rings. The van der Waals surface area contributed by atoms with Crippen LogP contribution in [0.2, 0.25) is 0 Å². The number of unbranched alkanes of at least 4 members (excludes halogenated alkanes) is 1. The van der Waals surface area contributed by atoms with Gasteiger partial charge >= 0.3 is 6.09 Å². The van der Waals surface area contributed by atoms with Gasteiger partial charge in [-0.05, 0) is 39.5 Å². The van der Waals surface area contributed by atoms with Crippen LogP contribution in [0.1, 0.15) is 66.7 Å². The van der Waals surface area contributed by atoms with E-state index in [1.807, 2.05) is 20.8 Å². The zero-order valence-electron chi connectivity index (χ0n) is 12.9. The Morgan fingerprint density at radius 2 is 2.05 bits per heavy atom. The lowest BCUT2D eigenvalue weighted by atomic mass is 9.89. The van der Waals surface area contributed by atoms with Gasteiger partial charge in [0.25, 0.3) is 0 Å². The summed E-state index contributed by atoms with van der Waals surface area (Å²) in [5.41, 5.74) is -0.560. The van der Waals surface area contributed by atoms with Crippen LogP contribution in [0.25, 0.3) is 0 Å². The molecule has 110 valence electrons. The summed E-state index contributed by atoms with van der Waals surface area (Å²) in [5, 5.41) is 0. The summed E-state index contributed by atoms with van der Waals surface area (Å²) in [6, 6.07) is 0.00560. The minimum Gasteiger partial charge on any atom is -0.443 e. The highest BCUT2D eigenvalue weighted by atomic mass is 16.6. The first kappa shape index (κ1) is 16.0. The van der Waals surface area contributed by atoms with Crippen LogP contribution in [0.5, 0.6) is 0 Å². The summed E-state index contributed by atoms with van der Waals surface area (Å²) in [6.45, 7) is 9.66. The summed E-state index contributed by atoms with van der Waals surface area (Å²) in [4.78, 5) is 25.7. The van der Waals surface area contributed by atoms with Crippen LogP contribution in [-0.4, -0.2) is 28.5 Å². The molecule has 2 atom stereocenters. The van der Waals surface area contributed by atoms with Crippen LogP contribution in [0.4, 0.5) is 4.79 Å². The Labute approximate surface area is 116 Å². The van der Waals surface area contributed by atoms with Crippen molar-refractivity contribution in [3.8, 4) is 0 Å². The zero-order valence-corrected chi connectivity index (χ0v) is 12.9. The molecule has 2 amide bonds. The predicted molar refractivity (Wildman–Crippen MR) is 74.8 cm³/mol. The Morgan fingerprint density at radius 1 is 1.42 bits per heavy atom. The van der Waals surface area contributed by atoms with E-state index in [4.69, 9.17) is 4.74 Å². The maximum absolute atomic E-state index is 12.2. The molecule has 1 saturated heterocycles. The number of hydrogen-bond donors (Lipinski definition) is 0. The number of ether oxygens (including phenoxy) is 1. The number of piperidine rings is 1. The largest absolute Gasteiger partial charge is 0.443 e. The van der Waals surface area contributed by atoms with Crippen molar-refractivity contribution < 1.29 is 14.3 Å². The molecule has 4 nitrogen and oxygen atoms in total. The molecular formula is C15H27NO3. The Bertz CT molecular complexity index is 333. The van der Waals surface area contributed by atoms with Gasteiger partial charge in [0, 0.05) is 12.5 Å². The summed E-state index contributed by atoms with van der Waals surface area (Å²) in [7, 11) is 0. The fourth-order valence-corrected chi connectivity index (χ4v) is 2.50. The maximum Gasteiger partial charge on any atom is 0.417 e. The molecule has 0 aliphatic carbocycles. The molecule has 0 radical (unpaired) electrons. The van der Waals surface area contributed by atoms with E-state index in [1.54, 1.807) is 0 Å². The molecule has 0 aromatic rings. The number of amides is 2. The third-order valence-electron chi connectivity index (χ3n) is 3.31. The molecule has 0 bridgehead atoms. The van der Waals surface area contributed by atoms with Crippen LogP contribution in [0.3, 0.4) is 0 Å². The average Bonchev–Trinajstić information content (AvgIpc) is 2.22. The van der Waals surface area contributed by atoms with Gasteiger partial charge in [0.2, 0.25) is 5.91 Å². The second-order valence-electron chi connectivity index (χ2n) is 6.59. The molecule has 1 fully saturated rings. The van der Waals surface area contributed by atoms with Crippen molar-refractivity contribution in [1.82, 2.24) is 4.90 Å². The summed E-state index contributed by atoms with van der Waals surface area (Å²) in [6.07, 6.45) is 3.84. The highest BCUT2D eigenvalue weighted by molar-refractivity contribution is 5.93. The molecular weight excluding hydrogens is 242 g/mol. The lowest BCUT2D eigenvalue weighted by Gasteiger charge is -2.37. The number of carbonyl (C=O) groups excluding carboxylic acids is 2. The van der Waals surface area contributed by atoms with E-state index in [1.165, 1.54) is 4.90 Å². The van der Waals surface area contributed by atoms with E-state index in [0.717, 1.165) is 25.7 Å². The van der Waals surface area contributed by atoms with Gasteiger partial charge in [0.15, 0.2) is 0 Å². The monoisotopic (exact) mass is 269 g/mol. The van der Waals surface area contributed by atoms with Crippen molar-refractivity contribution in [1.29, 1.82) is 0 Å². The first-order valence-corrected chi connectivity index (χ1v) is 7.29. The van der Waals surface area contributed by atoms with Gasteiger partial charge in [0.1, 0.15) is 5.60 Å². The van der Waals surface area contributed by atoms with Crippen molar-refractivity contribution in [3.63, 3.8) is 0 Å². The van der Waals surface area contributed by atoms with Gasteiger partial charge in [-0.25, -0.2) is 9.69 Å². The SMILES string of the molecule is CCCCC1CC(C)CC(=O)N1C(=O)OC(C)(C)C. The zero-order chi connectivity index (χ0) is 14.6. The molecule has 2 unspecified atom stereocenters. The molecule has 1 aliphatic heterocycles. The number of likely N-dealkylation sites (tertiary alicyclic amines) is 1. The standard InChI is InChI=1S/C15H27NO3/c1-6-7-8-12-9-11(2)10-13(17)16(12)14(18)19-15(3,4)5/h11-12H,6-10H2,1-5H3. The molecule has 1 heterocycles. The normalized spacial score (nSPS) is 24.5. The summed E-state index contributed by atoms with van der Waals surface area (Å²) in [5.74, 6) is 0.266. The van der Waals surface area contributed by atoms with Crippen molar-refractivity contribution >= 4 is 12.0 Å². The van der Waals surface area contributed by atoms with Crippen molar-refractivity contribution in [2.45, 2.75) is 78.4 Å². The van der Waals surface area contributed by atoms with Crippen molar-refractivity contribution in [3.05, 3.63) is 0 Å². The van der Waals surface area contributed by atoms with Crippen LogP contribution in [0, 0.1) is 5.92 Å². The first-order chi connectivity index (χ1) is 8.74. The van der Waals surface area contributed by atoms with Gasteiger partial charge in [-0.2, -0.15) is 0 Å². The number of hydrogen-bond acceptors (Lipinski definition) is 3. The quantitative estimate of drug-likeness (QED) is 0.784. The third-order valence-corrected chi connectivity index (χ3v) is 3.31. The van der Waals surface area contributed by atoms with Gasteiger partial charge < -0.3 is 4.74 Å². The Hall–Kier alpha value is -1.06. The van der Waals surface area contributed by atoms with Crippen molar-refractivity contribution in [2.24, 2.45) is 5.92 Å². The topological polar surface area (TPSA) is 46.6 Å². The highest BCUT2D eigenvalue weighted by Gasteiger charge is 2.37. The van der Waals surface area contributed by atoms with E-state index < -0.39 is 11.7 Å². The molecule has 0 aromatic heterocycles. The van der Waals surface area contributed by atoms with Gasteiger partial charge in [0.05, 0.1) is 0 Å². The summed E-state index contributed by atoms with van der Waals surface area (Å²) < 4.78 is 5.36. The number of nitrogens with zero attached hydrogens (tertiary/aromatic N) is 1. The van der Waals surface area contributed by atoms with Gasteiger partial charge in [-0.3, -0.25) is 4.79 Å². The summed E-state index contributed by atoms with van der Waals surface area (Å²) >= 11 is 0. The molecule has 19 heavy (non-hydrogen) atoms. The van der Waals surface area contributed by atoms with Crippen LogP contribution in [0.15, 0.2) is 0 Å². The van der Waals surface area contributed by atoms with E-state index in [-0.39, 0.29) is 11.9 Å². The van der Waals surface area contributed by atoms with Gasteiger partial charge in [-0.15, -0.1) is 0 Å². The second kappa shape index (κ2) is 6.40. The van der Waals surface area contributed by atoms with E-state index >= 15 is 0 Å². The van der Waals surface area contributed by atoms with E-state index in [0.29, 0.717) is 12.3 Å². The van der Waals surface area contributed by atoms with Crippen LogP contribution < -0.4 is 0 Å². The minimum atomic E-state index is -0.560. The Kier molecular flexibility index (Phi) is 5.39. The number of rotatable bonds is 3. The molecule has 0 aromatic carbocycles. The van der Waals surface area contributed by atoms with Crippen LogP contribution in [-0.2, 0) is 9.53 Å². The van der Waals surface area contributed by atoms with Gasteiger partial charge in [-0.1, -0.05) is 26.7 Å². The Morgan fingerprint density at radius 3 is 2.58 bits per heavy atom. The number of carbonyl (C=O) groups is 2. The molecule has 0 N–H and O–H groups in total. The molecule has 0 spiro atoms.